The zero-order valence-corrected chi connectivity index (χ0v) is 20.5. The van der Waals surface area contributed by atoms with Gasteiger partial charge in [-0.1, -0.05) is 32.5 Å². The molecule has 0 unspecified atom stereocenters. The lowest BCUT2D eigenvalue weighted by atomic mass is 9.66. The molecule has 2 aliphatic heterocycles. The standard InChI is InChI=1S/C17H27N5O4S2Si/c1-16(2,3)17(4,26-29(6)7)10-12(23)22-11(14(24)25)9(28-13(10)22)8-27-15-18-19-20-21(15)5/h10,13,29H,8H2,1-7H3,(H,24,25)/t10-,13-,17+/m1/s1. The minimum atomic E-state index is -1.44. The van der Waals surface area contributed by atoms with Gasteiger partial charge in [-0.2, -0.15) is 0 Å². The van der Waals surface area contributed by atoms with Gasteiger partial charge in [0.2, 0.25) is 11.1 Å². The highest BCUT2D eigenvalue weighted by molar-refractivity contribution is 8.06. The first-order valence-corrected chi connectivity index (χ1v) is 14.0. The van der Waals surface area contributed by atoms with Gasteiger partial charge in [-0.25, -0.2) is 9.48 Å². The van der Waals surface area contributed by atoms with Crippen molar-refractivity contribution in [3.8, 4) is 0 Å². The molecular weight excluding hydrogens is 430 g/mol. The summed E-state index contributed by atoms with van der Waals surface area (Å²) in [6.45, 7) is 12.4. The molecule has 0 spiro atoms. The van der Waals surface area contributed by atoms with Crippen molar-refractivity contribution in [2.45, 2.75) is 56.9 Å². The maximum Gasteiger partial charge on any atom is 0.353 e. The van der Waals surface area contributed by atoms with E-state index in [1.807, 2.05) is 6.92 Å². The number of fused-ring (bicyclic) bond motifs is 1. The molecule has 0 bridgehead atoms. The molecule has 0 aliphatic carbocycles. The van der Waals surface area contributed by atoms with E-state index in [1.165, 1.54) is 33.1 Å². The fourth-order valence-corrected chi connectivity index (χ4v) is 7.73. The Balaban J connectivity index is 1.87. The first kappa shape index (κ1) is 22.3. The minimum Gasteiger partial charge on any atom is -0.477 e. The lowest BCUT2D eigenvalue weighted by Gasteiger charge is -2.56. The number of amides is 1. The molecule has 1 aromatic heterocycles. The summed E-state index contributed by atoms with van der Waals surface area (Å²) in [5.74, 6) is -1.27. The van der Waals surface area contributed by atoms with Crippen LogP contribution in [0.5, 0.6) is 0 Å². The van der Waals surface area contributed by atoms with Crippen LogP contribution in [0.3, 0.4) is 0 Å². The number of aliphatic carboxylic acids is 1. The van der Waals surface area contributed by atoms with Crippen LogP contribution in [0, 0.1) is 11.3 Å². The van der Waals surface area contributed by atoms with Crippen molar-refractivity contribution in [3.63, 3.8) is 0 Å². The van der Waals surface area contributed by atoms with Crippen LogP contribution in [-0.4, -0.2) is 67.9 Å². The Bertz CT molecular complexity index is 868. The van der Waals surface area contributed by atoms with Gasteiger partial charge in [0.25, 0.3) is 0 Å². The van der Waals surface area contributed by atoms with E-state index in [4.69, 9.17) is 4.43 Å². The summed E-state index contributed by atoms with van der Waals surface area (Å²) in [4.78, 5) is 27.2. The van der Waals surface area contributed by atoms with Crippen molar-refractivity contribution in [1.29, 1.82) is 0 Å². The van der Waals surface area contributed by atoms with Gasteiger partial charge in [0.1, 0.15) is 11.1 Å². The molecule has 160 valence electrons. The molecule has 3 heterocycles. The number of aromatic nitrogens is 4. The predicted molar refractivity (Wildman–Crippen MR) is 114 cm³/mol. The van der Waals surface area contributed by atoms with Crippen molar-refractivity contribution >= 4 is 44.4 Å². The second-order valence-electron chi connectivity index (χ2n) is 8.67. The van der Waals surface area contributed by atoms with E-state index in [1.54, 1.807) is 7.05 Å². The average Bonchev–Trinajstić information content (AvgIpc) is 3.12. The van der Waals surface area contributed by atoms with E-state index >= 15 is 0 Å². The summed E-state index contributed by atoms with van der Waals surface area (Å²) in [6.07, 6.45) is 0. The van der Waals surface area contributed by atoms with Crippen LogP contribution < -0.4 is 0 Å². The summed E-state index contributed by atoms with van der Waals surface area (Å²) in [7, 11) is 0.287. The highest BCUT2D eigenvalue weighted by Gasteiger charge is 2.65. The molecule has 1 saturated heterocycles. The predicted octanol–water partition coefficient (Wildman–Crippen LogP) is 1.93. The number of hydrogen-bond donors (Lipinski definition) is 1. The molecule has 1 aromatic rings. The zero-order chi connectivity index (χ0) is 21.7. The number of rotatable bonds is 7. The van der Waals surface area contributed by atoms with Gasteiger partial charge in [0, 0.05) is 17.7 Å². The molecule has 0 aromatic carbocycles. The van der Waals surface area contributed by atoms with Crippen LogP contribution in [0.4, 0.5) is 0 Å². The normalized spacial score (nSPS) is 24.0. The number of thioether (sulfide) groups is 2. The molecule has 29 heavy (non-hydrogen) atoms. The second kappa shape index (κ2) is 7.71. The number of carbonyl (C=O) groups is 2. The first-order valence-electron chi connectivity index (χ1n) is 9.37. The van der Waals surface area contributed by atoms with E-state index in [-0.39, 0.29) is 22.4 Å². The Labute approximate surface area is 180 Å². The molecule has 9 nitrogen and oxygen atoms in total. The van der Waals surface area contributed by atoms with Gasteiger partial charge >= 0.3 is 5.97 Å². The molecule has 0 saturated carbocycles. The molecular formula is C17H27N5O4S2Si. The zero-order valence-electron chi connectivity index (χ0n) is 17.7. The molecule has 3 atom stereocenters. The largest absolute Gasteiger partial charge is 0.477 e. The topological polar surface area (TPSA) is 110 Å². The third-order valence-electron chi connectivity index (χ3n) is 5.49. The first-order chi connectivity index (χ1) is 13.4. The van der Waals surface area contributed by atoms with Gasteiger partial charge in [-0.3, -0.25) is 9.69 Å². The highest BCUT2D eigenvalue weighted by atomic mass is 32.2. The van der Waals surface area contributed by atoms with E-state index < -0.39 is 26.5 Å². The van der Waals surface area contributed by atoms with E-state index in [0.29, 0.717) is 15.8 Å². The molecule has 2 aliphatic rings. The summed E-state index contributed by atoms with van der Waals surface area (Å²) < 4.78 is 7.96. The van der Waals surface area contributed by atoms with Crippen molar-refractivity contribution < 1.29 is 19.1 Å². The molecule has 1 amide bonds. The number of carbonyl (C=O) groups excluding carboxylic acids is 1. The van der Waals surface area contributed by atoms with Crippen LogP contribution in [0.25, 0.3) is 0 Å². The molecule has 3 rings (SSSR count). The van der Waals surface area contributed by atoms with Gasteiger partial charge in [0.15, 0.2) is 9.04 Å². The summed E-state index contributed by atoms with van der Waals surface area (Å²) in [5.41, 5.74) is -0.872. The van der Waals surface area contributed by atoms with Crippen LogP contribution in [0.2, 0.25) is 13.1 Å². The Morgan fingerprint density at radius 1 is 1.34 bits per heavy atom. The number of carboxylic acids is 1. The molecule has 12 heteroatoms. The van der Waals surface area contributed by atoms with E-state index in [2.05, 4.69) is 49.4 Å². The van der Waals surface area contributed by atoms with E-state index in [0.717, 1.165) is 0 Å². The van der Waals surface area contributed by atoms with Crippen molar-refractivity contribution in [2.24, 2.45) is 18.4 Å². The molecule has 0 radical (unpaired) electrons. The Morgan fingerprint density at radius 2 is 2.00 bits per heavy atom. The summed E-state index contributed by atoms with van der Waals surface area (Å²) >= 11 is 2.80. The number of nitrogens with zero attached hydrogens (tertiary/aromatic N) is 5. The SMILES string of the molecule is Cn1nnnc1SCC1=C(C(=O)O)N2C(=O)[C@@H]([C@](C)(O[SiH](C)C)C(C)(C)C)[C@H]2S1. The number of β-lactam (4-membered cyclic amide) rings is 1. The summed E-state index contributed by atoms with van der Waals surface area (Å²) in [6, 6.07) is 0. The lowest BCUT2D eigenvalue weighted by molar-refractivity contribution is -0.173. The Kier molecular flexibility index (Phi) is 5.93. The average molecular weight is 458 g/mol. The second-order valence-corrected chi connectivity index (χ2v) is 13.2. The number of tetrazole rings is 1. The van der Waals surface area contributed by atoms with Crippen LogP contribution in [0.15, 0.2) is 15.8 Å². The number of hydrogen-bond acceptors (Lipinski definition) is 8. The van der Waals surface area contributed by atoms with Crippen molar-refractivity contribution in [1.82, 2.24) is 25.1 Å². The lowest BCUT2D eigenvalue weighted by Crippen LogP contribution is -2.69. The highest BCUT2D eigenvalue weighted by Crippen LogP contribution is 2.57. The number of carboxylic acid groups (broad SMARTS) is 1. The van der Waals surface area contributed by atoms with Crippen LogP contribution in [0.1, 0.15) is 27.7 Å². The van der Waals surface area contributed by atoms with Gasteiger partial charge in [-0.15, -0.1) is 16.9 Å². The summed E-state index contributed by atoms with van der Waals surface area (Å²) in [5, 5.41) is 21.4. The Morgan fingerprint density at radius 3 is 2.48 bits per heavy atom. The molecule has 1 N–H and O–H groups in total. The monoisotopic (exact) mass is 457 g/mol. The smallest absolute Gasteiger partial charge is 0.353 e. The van der Waals surface area contributed by atoms with Gasteiger partial charge < -0.3 is 9.53 Å². The fourth-order valence-electron chi connectivity index (χ4n) is 3.67. The quantitative estimate of drug-likeness (QED) is 0.373. The maximum atomic E-state index is 13.2. The maximum absolute atomic E-state index is 13.2. The Hall–Kier alpha value is -1.37. The van der Waals surface area contributed by atoms with Crippen LogP contribution >= 0.6 is 23.5 Å². The third-order valence-corrected chi connectivity index (χ3v) is 9.02. The number of aryl methyl sites for hydroxylation is 1. The van der Waals surface area contributed by atoms with Crippen molar-refractivity contribution in [2.75, 3.05) is 5.75 Å². The van der Waals surface area contributed by atoms with E-state index in [9.17, 15) is 14.7 Å². The fraction of sp³-hybridized carbons (Fsp3) is 0.706. The van der Waals surface area contributed by atoms with Crippen LogP contribution in [-0.2, 0) is 21.1 Å². The van der Waals surface area contributed by atoms with Gasteiger partial charge in [0.05, 0.1) is 11.5 Å². The molecule has 1 fully saturated rings. The third kappa shape index (κ3) is 3.75. The van der Waals surface area contributed by atoms with Crippen molar-refractivity contribution in [3.05, 3.63) is 10.6 Å². The van der Waals surface area contributed by atoms with Gasteiger partial charge in [-0.05, 0) is 35.9 Å². The minimum absolute atomic E-state index is 0.0712.